The van der Waals surface area contributed by atoms with E-state index in [0.717, 1.165) is 56.6 Å². The second-order valence-corrected chi connectivity index (χ2v) is 5.37. The van der Waals surface area contributed by atoms with Crippen LogP contribution in [0.1, 0.15) is 43.4 Å². The average Bonchev–Trinajstić information content (AvgIpc) is 2.74. The Labute approximate surface area is 112 Å². The molecule has 5 heteroatoms. The lowest BCUT2D eigenvalue weighted by Crippen LogP contribution is -2.42. The van der Waals surface area contributed by atoms with E-state index in [1.54, 1.807) is 6.33 Å². The van der Waals surface area contributed by atoms with Crippen LogP contribution in [0, 0.1) is 0 Å². The molecule has 1 saturated heterocycles. The molecule has 1 atom stereocenters. The topological polar surface area (TPSA) is 66.3 Å². The Kier molecular flexibility index (Phi) is 3.36. The summed E-state index contributed by atoms with van der Waals surface area (Å²) in [5.41, 5.74) is 2.29. The van der Waals surface area contributed by atoms with Gasteiger partial charge in [0.2, 0.25) is 0 Å². The van der Waals surface area contributed by atoms with E-state index in [1.807, 2.05) is 4.90 Å². The number of hydrogen-bond donors (Lipinski definition) is 1. The predicted octanol–water partition coefficient (Wildman–Crippen LogP) is 1.80. The maximum Gasteiger partial charge on any atom is 0.326 e. The van der Waals surface area contributed by atoms with Crippen LogP contribution in [0.2, 0.25) is 0 Å². The van der Waals surface area contributed by atoms with Gasteiger partial charge in [0.25, 0.3) is 0 Å². The summed E-state index contributed by atoms with van der Waals surface area (Å²) in [6, 6.07) is -0.429. The molecule has 1 N–H and O–H groups in total. The van der Waals surface area contributed by atoms with Crippen LogP contribution in [0.15, 0.2) is 6.33 Å². The van der Waals surface area contributed by atoms with Crippen LogP contribution in [-0.4, -0.2) is 33.6 Å². The van der Waals surface area contributed by atoms with Crippen LogP contribution in [0.4, 0.5) is 5.82 Å². The first-order chi connectivity index (χ1) is 9.27. The highest BCUT2D eigenvalue weighted by Gasteiger charge is 2.31. The van der Waals surface area contributed by atoms with E-state index >= 15 is 0 Å². The molecule has 1 fully saturated rings. The van der Waals surface area contributed by atoms with Gasteiger partial charge in [0.05, 0.1) is 0 Å². The molecule has 1 aromatic rings. The van der Waals surface area contributed by atoms with Gasteiger partial charge in [0.15, 0.2) is 0 Å². The summed E-state index contributed by atoms with van der Waals surface area (Å²) < 4.78 is 0. The lowest BCUT2D eigenvalue weighted by Gasteiger charge is -2.29. The van der Waals surface area contributed by atoms with Crippen molar-refractivity contribution < 1.29 is 9.90 Å². The van der Waals surface area contributed by atoms with Crippen molar-refractivity contribution >= 4 is 11.8 Å². The van der Waals surface area contributed by atoms with Crippen LogP contribution in [0.3, 0.4) is 0 Å². The number of aliphatic carboxylic acids is 1. The van der Waals surface area contributed by atoms with Gasteiger partial charge in [-0.05, 0) is 32.1 Å². The SMILES string of the molecule is O=C(O)C1CCCCCN1c1ncnc2c1CCC2. The normalized spacial score (nSPS) is 22.9. The fraction of sp³-hybridized carbons (Fsp3) is 0.643. The van der Waals surface area contributed by atoms with E-state index < -0.39 is 12.0 Å². The summed E-state index contributed by atoms with van der Waals surface area (Å²) >= 11 is 0. The van der Waals surface area contributed by atoms with Crippen molar-refractivity contribution in [2.24, 2.45) is 0 Å². The third-order valence-electron chi connectivity index (χ3n) is 4.16. The maximum atomic E-state index is 11.5. The highest BCUT2D eigenvalue weighted by atomic mass is 16.4. The number of carboxylic acid groups (broad SMARTS) is 1. The van der Waals surface area contributed by atoms with Crippen molar-refractivity contribution in [1.29, 1.82) is 0 Å². The van der Waals surface area contributed by atoms with Crippen LogP contribution < -0.4 is 4.90 Å². The van der Waals surface area contributed by atoms with Gasteiger partial charge < -0.3 is 10.0 Å². The molecule has 0 bridgehead atoms. The van der Waals surface area contributed by atoms with Crippen LogP contribution >= 0.6 is 0 Å². The van der Waals surface area contributed by atoms with E-state index in [-0.39, 0.29) is 0 Å². The second-order valence-electron chi connectivity index (χ2n) is 5.37. The second kappa shape index (κ2) is 5.15. The Bertz CT molecular complexity index is 490. The summed E-state index contributed by atoms with van der Waals surface area (Å²) in [5.74, 6) is 0.143. The van der Waals surface area contributed by atoms with Crippen LogP contribution in [0.25, 0.3) is 0 Å². The number of fused-ring (bicyclic) bond motifs is 1. The highest BCUT2D eigenvalue weighted by molar-refractivity contribution is 5.78. The number of hydrogen-bond acceptors (Lipinski definition) is 4. The van der Waals surface area contributed by atoms with Gasteiger partial charge in [-0.2, -0.15) is 0 Å². The number of aryl methyl sites for hydroxylation is 1. The first-order valence-electron chi connectivity index (χ1n) is 7.09. The molecule has 2 aliphatic rings. The average molecular weight is 261 g/mol. The number of nitrogens with zero attached hydrogens (tertiary/aromatic N) is 3. The minimum atomic E-state index is -0.729. The third kappa shape index (κ3) is 2.29. The summed E-state index contributed by atoms with van der Waals surface area (Å²) in [5, 5.41) is 9.46. The van der Waals surface area contributed by atoms with Crippen LogP contribution in [0.5, 0.6) is 0 Å². The van der Waals surface area contributed by atoms with Crippen molar-refractivity contribution in [2.75, 3.05) is 11.4 Å². The molecule has 1 unspecified atom stereocenters. The van der Waals surface area contributed by atoms with Gasteiger partial charge in [0, 0.05) is 17.8 Å². The van der Waals surface area contributed by atoms with Gasteiger partial charge in [-0.15, -0.1) is 0 Å². The Hall–Kier alpha value is -1.65. The van der Waals surface area contributed by atoms with Gasteiger partial charge >= 0.3 is 5.97 Å². The van der Waals surface area contributed by atoms with Crippen molar-refractivity contribution in [3.63, 3.8) is 0 Å². The molecular weight excluding hydrogens is 242 g/mol. The van der Waals surface area contributed by atoms with Crippen LogP contribution in [-0.2, 0) is 17.6 Å². The molecule has 0 aromatic carbocycles. The molecule has 0 amide bonds. The predicted molar refractivity (Wildman–Crippen MR) is 71.3 cm³/mol. The Morgan fingerprint density at radius 2 is 2.11 bits per heavy atom. The maximum absolute atomic E-state index is 11.5. The minimum absolute atomic E-state index is 0.429. The molecule has 1 aliphatic heterocycles. The smallest absolute Gasteiger partial charge is 0.326 e. The zero-order chi connectivity index (χ0) is 13.2. The van der Waals surface area contributed by atoms with E-state index in [4.69, 9.17) is 0 Å². The van der Waals surface area contributed by atoms with E-state index in [2.05, 4.69) is 9.97 Å². The van der Waals surface area contributed by atoms with Crippen molar-refractivity contribution in [3.05, 3.63) is 17.6 Å². The number of aromatic nitrogens is 2. The van der Waals surface area contributed by atoms with Crippen molar-refractivity contribution in [2.45, 2.75) is 51.0 Å². The summed E-state index contributed by atoms with van der Waals surface area (Å²) in [7, 11) is 0. The summed E-state index contributed by atoms with van der Waals surface area (Å²) in [6.07, 6.45) is 8.52. The third-order valence-corrected chi connectivity index (χ3v) is 4.16. The molecule has 2 heterocycles. The molecule has 3 rings (SSSR count). The largest absolute Gasteiger partial charge is 0.480 e. The number of carbonyl (C=O) groups is 1. The quantitative estimate of drug-likeness (QED) is 0.879. The number of anilines is 1. The molecule has 1 aliphatic carbocycles. The molecule has 1 aromatic heterocycles. The molecule has 102 valence electrons. The molecule has 0 spiro atoms. The first kappa shape index (κ1) is 12.4. The molecular formula is C14H19N3O2. The zero-order valence-corrected chi connectivity index (χ0v) is 11.0. The van der Waals surface area contributed by atoms with E-state index in [9.17, 15) is 9.90 Å². The van der Waals surface area contributed by atoms with Gasteiger partial charge in [-0.25, -0.2) is 14.8 Å². The Morgan fingerprint density at radius 1 is 1.21 bits per heavy atom. The lowest BCUT2D eigenvalue weighted by molar-refractivity contribution is -0.138. The number of rotatable bonds is 2. The molecule has 5 nitrogen and oxygen atoms in total. The zero-order valence-electron chi connectivity index (χ0n) is 11.0. The van der Waals surface area contributed by atoms with Crippen molar-refractivity contribution in [3.8, 4) is 0 Å². The summed E-state index contributed by atoms with van der Waals surface area (Å²) in [6.45, 7) is 0.792. The highest BCUT2D eigenvalue weighted by Crippen LogP contribution is 2.31. The van der Waals surface area contributed by atoms with E-state index in [1.165, 1.54) is 5.56 Å². The van der Waals surface area contributed by atoms with Gasteiger partial charge in [-0.1, -0.05) is 12.8 Å². The Balaban J connectivity index is 1.98. The van der Waals surface area contributed by atoms with Gasteiger partial charge in [-0.3, -0.25) is 0 Å². The monoisotopic (exact) mass is 261 g/mol. The lowest BCUT2D eigenvalue weighted by atomic mass is 10.1. The molecule has 0 saturated carbocycles. The summed E-state index contributed by atoms with van der Waals surface area (Å²) in [4.78, 5) is 22.2. The first-order valence-corrected chi connectivity index (χ1v) is 7.09. The fourth-order valence-corrected chi connectivity index (χ4v) is 3.21. The Morgan fingerprint density at radius 3 is 2.95 bits per heavy atom. The molecule has 0 radical (unpaired) electrons. The molecule has 19 heavy (non-hydrogen) atoms. The number of carboxylic acids is 1. The van der Waals surface area contributed by atoms with Crippen molar-refractivity contribution in [1.82, 2.24) is 9.97 Å². The minimum Gasteiger partial charge on any atom is -0.480 e. The van der Waals surface area contributed by atoms with Gasteiger partial charge in [0.1, 0.15) is 18.2 Å². The van der Waals surface area contributed by atoms with E-state index in [0.29, 0.717) is 6.42 Å². The fourth-order valence-electron chi connectivity index (χ4n) is 3.21. The standard InChI is InChI=1S/C14H19N3O2/c18-14(19)12-7-2-1-3-8-17(12)13-10-5-4-6-11(10)15-9-16-13/h9,12H,1-8H2,(H,18,19).